The van der Waals surface area contributed by atoms with Crippen LogP contribution in [-0.4, -0.2) is 25.3 Å². The summed E-state index contributed by atoms with van der Waals surface area (Å²) < 4.78 is 23.6. The van der Waals surface area contributed by atoms with Gasteiger partial charge in [0, 0.05) is 10.4 Å². The van der Waals surface area contributed by atoms with Crippen LogP contribution in [0.25, 0.3) is 11.0 Å². The largest absolute Gasteiger partial charge is 0.494 e. The molecule has 0 aliphatic heterocycles. The van der Waals surface area contributed by atoms with E-state index in [-0.39, 0.29) is 5.76 Å². The Morgan fingerprint density at radius 1 is 1.03 bits per heavy atom. The summed E-state index contributed by atoms with van der Waals surface area (Å²) in [7, 11) is 0. The topological polar surface area (TPSA) is 82.3 Å². The van der Waals surface area contributed by atoms with Crippen molar-refractivity contribution in [1.82, 2.24) is 5.43 Å². The Hall–Kier alpha value is -3.49. The third-order valence-electron chi connectivity index (χ3n) is 5.03. The van der Waals surface area contributed by atoms with Gasteiger partial charge < -0.3 is 18.6 Å². The van der Waals surface area contributed by atoms with Crippen molar-refractivity contribution in [3.8, 4) is 17.2 Å². The number of hydrazone groups is 1. The third-order valence-corrected chi connectivity index (χ3v) is 5.87. The maximum atomic E-state index is 12.5. The smallest absolute Gasteiger partial charge is 0.307 e. The van der Waals surface area contributed by atoms with E-state index in [0.717, 1.165) is 10.9 Å². The lowest BCUT2D eigenvalue weighted by molar-refractivity contribution is 0.0929. The fourth-order valence-electron chi connectivity index (χ4n) is 3.41. The average molecular weight is 572 g/mol. The molecule has 186 valence electrons. The summed E-state index contributed by atoms with van der Waals surface area (Å²) in [6, 6.07) is 18.1. The molecule has 4 rings (SSSR count). The number of carbonyl (C=O) groups is 1. The molecule has 0 fully saturated rings. The van der Waals surface area contributed by atoms with Gasteiger partial charge >= 0.3 is 5.91 Å². The Bertz CT molecular complexity index is 1390. The van der Waals surface area contributed by atoms with Crippen LogP contribution in [0, 0.1) is 0 Å². The van der Waals surface area contributed by atoms with Gasteiger partial charge in [-0.15, -0.1) is 0 Å². The van der Waals surface area contributed by atoms with Crippen LogP contribution in [-0.2, 0) is 6.61 Å². The van der Waals surface area contributed by atoms with Crippen LogP contribution >= 0.6 is 27.5 Å². The molecule has 0 bridgehead atoms. The van der Waals surface area contributed by atoms with Crippen molar-refractivity contribution in [2.75, 3.05) is 13.2 Å². The van der Waals surface area contributed by atoms with E-state index in [9.17, 15) is 4.79 Å². The first kappa shape index (κ1) is 25.6. The van der Waals surface area contributed by atoms with Gasteiger partial charge in [0.2, 0.25) is 0 Å². The standard InChI is InChI=1S/C27H24BrClN2O5/c1-3-33-21-9-10-23-19(13-21)14-25(36-23)27(32)31-30-15-18-11-22(28)26(24(12-18)34-4-2)35-16-17-5-7-20(29)8-6-17/h5-15H,3-4,16H2,1-2H3,(H,31,32)/b30-15+. The number of hydrogen-bond donors (Lipinski definition) is 1. The Kier molecular flexibility index (Phi) is 8.51. The molecule has 36 heavy (non-hydrogen) atoms. The minimum Gasteiger partial charge on any atom is -0.494 e. The lowest BCUT2D eigenvalue weighted by Crippen LogP contribution is -2.16. The monoisotopic (exact) mass is 570 g/mol. The van der Waals surface area contributed by atoms with E-state index in [1.165, 1.54) is 6.21 Å². The SMILES string of the molecule is CCOc1ccc2oc(C(=O)N/N=C/c3cc(Br)c(OCc4ccc(Cl)cc4)c(OCC)c3)cc2c1. The van der Waals surface area contributed by atoms with Crippen molar-refractivity contribution in [2.45, 2.75) is 20.5 Å². The van der Waals surface area contributed by atoms with E-state index in [0.29, 0.717) is 57.7 Å². The van der Waals surface area contributed by atoms with Crippen molar-refractivity contribution in [1.29, 1.82) is 0 Å². The van der Waals surface area contributed by atoms with Crippen molar-refractivity contribution < 1.29 is 23.4 Å². The maximum Gasteiger partial charge on any atom is 0.307 e. The molecule has 1 aromatic heterocycles. The lowest BCUT2D eigenvalue weighted by Gasteiger charge is -2.14. The number of hydrogen-bond acceptors (Lipinski definition) is 6. The first-order chi connectivity index (χ1) is 17.5. The van der Waals surface area contributed by atoms with Crippen molar-refractivity contribution >= 4 is 50.6 Å². The Labute approximate surface area is 222 Å². The highest BCUT2D eigenvalue weighted by atomic mass is 79.9. The minimum absolute atomic E-state index is 0.151. The molecular weight excluding hydrogens is 548 g/mol. The fourth-order valence-corrected chi connectivity index (χ4v) is 4.11. The first-order valence-electron chi connectivity index (χ1n) is 11.3. The molecule has 0 spiro atoms. The number of halogens is 2. The van der Waals surface area contributed by atoms with E-state index in [4.69, 9.17) is 30.2 Å². The summed E-state index contributed by atoms with van der Waals surface area (Å²) in [6.45, 7) is 5.17. The van der Waals surface area contributed by atoms with Crippen LogP contribution in [0.1, 0.15) is 35.5 Å². The highest BCUT2D eigenvalue weighted by molar-refractivity contribution is 9.10. The van der Waals surface area contributed by atoms with Gasteiger partial charge in [0.1, 0.15) is 17.9 Å². The first-order valence-corrected chi connectivity index (χ1v) is 12.5. The number of amides is 1. The minimum atomic E-state index is -0.465. The molecule has 0 aliphatic carbocycles. The molecule has 1 heterocycles. The molecule has 3 aromatic carbocycles. The molecule has 0 unspecified atom stereocenters. The van der Waals surface area contributed by atoms with E-state index in [1.807, 2.05) is 50.2 Å². The van der Waals surface area contributed by atoms with Crippen molar-refractivity contribution in [3.05, 3.63) is 87.0 Å². The molecule has 0 atom stereocenters. The number of ether oxygens (including phenoxy) is 3. The van der Waals surface area contributed by atoms with Gasteiger partial charge in [-0.2, -0.15) is 5.10 Å². The Morgan fingerprint density at radius 3 is 2.56 bits per heavy atom. The number of furan rings is 1. The van der Waals surface area contributed by atoms with Gasteiger partial charge in [0.05, 0.1) is 23.9 Å². The van der Waals surface area contributed by atoms with Crippen LogP contribution in [0.5, 0.6) is 17.2 Å². The number of nitrogens with zero attached hydrogens (tertiary/aromatic N) is 1. The number of fused-ring (bicyclic) bond motifs is 1. The Morgan fingerprint density at radius 2 is 1.81 bits per heavy atom. The van der Waals surface area contributed by atoms with Gasteiger partial charge in [-0.25, -0.2) is 5.43 Å². The van der Waals surface area contributed by atoms with Gasteiger partial charge in [0.15, 0.2) is 17.3 Å². The van der Waals surface area contributed by atoms with Crippen LogP contribution in [0.2, 0.25) is 5.02 Å². The summed E-state index contributed by atoms with van der Waals surface area (Å²) >= 11 is 9.50. The summed E-state index contributed by atoms with van der Waals surface area (Å²) in [5.74, 6) is 1.52. The predicted octanol–water partition coefficient (Wildman–Crippen LogP) is 6.99. The number of carbonyl (C=O) groups excluding carboxylic acids is 1. The van der Waals surface area contributed by atoms with Gasteiger partial charge in [-0.05, 0) is 89.4 Å². The molecule has 4 aromatic rings. The van der Waals surface area contributed by atoms with Gasteiger partial charge in [-0.1, -0.05) is 23.7 Å². The third kappa shape index (κ3) is 6.38. The molecule has 1 N–H and O–H groups in total. The van der Waals surface area contributed by atoms with Crippen molar-refractivity contribution in [3.63, 3.8) is 0 Å². The molecule has 7 nitrogen and oxygen atoms in total. The normalized spacial score (nSPS) is 11.1. The number of rotatable bonds is 10. The molecular formula is C27H24BrClN2O5. The van der Waals surface area contributed by atoms with Crippen LogP contribution in [0.15, 0.2) is 74.7 Å². The highest BCUT2D eigenvalue weighted by Gasteiger charge is 2.14. The van der Waals surface area contributed by atoms with E-state index < -0.39 is 5.91 Å². The molecule has 9 heteroatoms. The summed E-state index contributed by atoms with van der Waals surface area (Å²) in [4.78, 5) is 12.5. The lowest BCUT2D eigenvalue weighted by atomic mass is 10.2. The molecule has 0 saturated heterocycles. The van der Waals surface area contributed by atoms with Crippen molar-refractivity contribution in [2.24, 2.45) is 5.10 Å². The average Bonchev–Trinajstić information content (AvgIpc) is 3.29. The zero-order valence-electron chi connectivity index (χ0n) is 19.7. The summed E-state index contributed by atoms with van der Waals surface area (Å²) in [6.07, 6.45) is 1.52. The second-order valence-corrected chi connectivity index (χ2v) is 8.91. The second kappa shape index (κ2) is 12.0. The fraction of sp³-hybridized carbons (Fsp3) is 0.185. The quantitative estimate of drug-likeness (QED) is 0.164. The van der Waals surface area contributed by atoms with Gasteiger partial charge in [0.25, 0.3) is 0 Å². The highest BCUT2D eigenvalue weighted by Crippen LogP contribution is 2.37. The molecule has 0 radical (unpaired) electrons. The zero-order valence-corrected chi connectivity index (χ0v) is 22.1. The zero-order chi connectivity index (χ0) is 25.5. The molecule has 0 saturated carbocycles. The Balaban J connectivity index is 1.44. The van der Waals surface area contributed by atoms with Crippen LogP contribution < -0.4 is 19.6 Å². The van der Waals surface area contributed by atoms with Crippen LogP contribution in [0.4, 0.5) is 0 Å². The van der Waals surface area contributed by atoms with Gasteiger partial charge in [-0.3, -0.25) is 4.79 Å². The number of nitrogens with one attached hydrogen (secondary N) is 1. The van der Waals surface area contributed by atoms with E-state index >= 15 is 0 Å². The predicted molar refractivity (Wildman–Crippen MR) is 144 cm³/mol. The summed E-state index contributed by atoms with van der Waals surface area (Å²) in [5.41, 5.74) is 4.76. The summed E-state index contributed by atoms with van der Waals surface area (Å²) in [5, 5.41) is 5.51. The molecule has 0 aliphatic rings. The van der Waals surface area contributed by atoms with E-state index in [2.05, 4.69) is 26.5 Å². The molecule has 1 amide bonds. The maximum absolute atomic E-state index is 12.5. The van der Waals surface area contributed by atoms with E-state index in [1.54, 1.807) is 24.3 Å². The number of benzene rings is 3. The second-order valence-electron chi connectivity index (χ2n) is 7.62. The van der Waals surface area contributed by atoms with Crippen LogP contribution in [0.3, 0.4) is 0 Å².